The fourth-order valence-corrected chi connectivity index (χ4v) is 6.98. The van der Waals surface area contributed by atoms with Crippen LogP contribution in [0.5, 0.6) is 5.75 Å². The van der Waals surface area contributed by atoms with Crippen LogP contribution in [0, 0.1) is 0 Å². The van der Waals surface area contributed by atoms with Crippen molar-refractivity contribution in [2.45, 2.75) is 181 Å². The van der Waals surface area contributed by atoms with Crippen molar-refractivity contribution in [1.82, 2.24) is 9.13 Å². The Hall–Kier alpha value is -3.34. The summed E-state index contributed by atoms with van der Waals surface area (Å²) in [5, 5.41) is 0. The second-order valence-electron chi connectivity index (χ2n) is 14.9. The Morgan fingerprint density at radius 2 is 0.769 bits per heavy atom. The van der Waals surface area contributed by atoms with Gasteiger partial charge in [0.05, 0.1) is 20.2 Å². The molecule has 2 aromatic carbocycles. The van der Waals surface area contributed by atoms with Crippen LogP contribution >= 0.6 is 0 Å². The fourth-order valence-electron chi connectivity index (χ4n) is 6.98. The molecule has 5 heteroatoms. The fraction of sp³-hybridized carbons (Fsp3) is 0.617. The summed E-state index contributed by atoms with van der Waals surface area (Å²) in [7, 11) is 1.70. The maximum atomic E-state index is 5.22. The first-order valence-electron chi connectivity index (χ1n) is 21.6. The molecule has 2 heterocycles. The highest BCUT2D eigenvalue weighted by Crippen LogP contribution is 2.14. The predicted octanol–water partition coefficient (Wildman–Crippen LogP) is 12.9. The molecule has 0 unspecified atom stereocenters. The van der Waals surface area contributed by atoms with Crippen molar-refractivity contribution < 1.29 is 13.9 Å². The van der Waals surface area contributed by atoms with E-state index in [9.17, 15) is 0 Å². The molecule has 0 spiro atoms. The molecule has 0 N–H and O–H groups in total. The lowest BCUT2D eigenvalue weighted by atomic mass is 10.1. The Morgan fingerprint density at radius 3 is 1.13 bits per heavy atom. The van der Waals surface area contributed by atoms with E-state index in [2.05, 4.69) is 112 Å². The Balaban J connectivity index is 0.000000281. The summed E-state index contributed by atoms with van der Waals surface area (Å²) in [6.07, 6.45) is 46.8. The molecule has 4 rings (SSSR count). The van der Waals surface area contributed by atoms with Gasteiger partial charge in [-0.25, -0.2) is 18.3 Å². The molecule has 0 bridgehead atoms. The number of aryl methyl sites for hydroxylation is 2. The third-order valence-electron chi connectivity index (χ3n) is 10.3. The predicted molar refractivity (Wildman–Crippen MR) is 221 cm³/mol. The number of aromatic nitrogens is 4. The van der Waals surface area contributed by atoms with Crippen LogP contribution in [0.2, 0.25) is 0 Å². The van der Waals surface area contributed by atoms with Crippen LogP contribution in [-0.4, -0.2) is 16.2 Å². The highest BCUT2D eigenvalue weighted by molar-refractivity contribution is 5.31. The maximum Gasteiger partial charge on any atom is 0.248 e. The van der Waals surface area contributed by atoms with Crippen molar-refractivity contribution in [3.63, 3.8) is 0 Å². The van der Waals surface area contributed by atoms with E-state index in [0.29, 0.717) is 0 Å². The summed E-state index contributed by atoms with van der Waals surface area (Å²) in [6.45, 7) is 6.82. The van der Waals surface area contributed by atoms with Crippen molar-refractivity contribution in [2.24, 2.45) is 0 Å². The molecule has 2 aromatic heterocycles. The molecule has 0 saturated heterocycles. The number of nitrogens with zero attached hydrogens (tertiary/aromatic N) is 4. The second kappa shape index (κ2) is 29.2. The number of rotatable bonds is 29. The molecule has 0 aliphatic rings. The topological polar surface area (TPSA) is 26.8 Å². The molecule has 52 heavy (non-hydrogen) atoms. The van der Waals surface area contributed by atoms with Gasteiger partial charge in [0.1, 0.15) is 41.9 Å². The third-order valence-corrected chi connectivity index (χ3v) is 10.3. The van der Waals surface area contributed by atoms with E-state index in [1.165, 1.54) is 165 Å². The molecule has 288 valence electrons. The SMILES string of the molecule is CCCCCCCCCCCCCCn1cc[n+](-c2ccc(OC)cc2)c1.CCCCCCCCCCCCCCn1cc[n+](-c2ccccc2)c1. The number of para-hydroxylation sites is 1. The number of unbranched alkanes of at least 4 members (excludes halogenated alkanes) is 22. The van der Waals surface area contributed by atoms with Crippen LogP contribution in [0.4, 0.5) is 0 Å². The van der Waals surface area contributed by atoms with Gasteiger partial charge in [-0.15, -0.1) is 0 Å². The highest BCUT2D eigenvalue weighted by Gasteiger charge is 2.07. The molecular weight excluding hydrogens is 637 g/mol. The zero-order valence-corrected chi connectivity index (χ0v) is 33.7. The zero-order chi connectivity index (χ0) is 36.7. The van der Waals surface area contributed by atoms with E-state index in [4.69, 9.17) is 4.74 Å². The van der Waals surface area contributed by atoms with Crippen molar-refractivity contribution >= 4 is 0 Å². The Labute approximate surface area is 319 Å². The Morgan fingerprint density at radius 1 is 0.423 bits per heavy atom. The normalized spacial score (nSPS) is 11.1. The van der Waals surface area contributed by atoms with E-state index < -0.39 is 0 Å². The Kier molecular flexibility index (Phi) is 24.1. The van der Waals surface area contributed by atoms with Crippen LogP contribution in [0.15, 0.2) is 92.0 Å². The zero-order valence-electron chi connectivity index (χ0n) is 33.7. The van der Waals surface area contributed by atoms with Gasteiger partial charge in [-0.3, -0.25) is 0 Å². The minimum atomic E-state index is 0.898. The summed E-state index contributed by atoms with van der Waals surface area (Å²) < 4.78 is 14.2. The number of benzene rings is 2. The second-order valence-corrected chi connectivity index (χ2v) is 14.9. The average molecular weight is 713 g/mol. The first kappa shape index (κ1) is 43.1. The molecule has 4 aromatic rings. The van der Waals surface area contributed by atoms with E-state index in [-0.39, 0.29) is 0 Å². The van der Waals surface area contributed by atoms with Gasteiger partial charge in [0.25, 0.3) is 0 Å². The van der Waals surface area contributed by atoms with Crippen molar-refractivity contribution in [1.29, 1.82) is 0 Å². The molecule has 0 fully saturated rings. The van der Waals surface area contributed by atoms with E-state index >= 15 is 0 Å². The number of imidazole rings is 2. The average Bonchev–Trinajstić information content (AvgIpc) is 3.87. The van der Waals surface area contributed by atoms with E-state index in [1.807, 2.05) is 12.1 Å². The summed E-state index contributed by atoms with van der Waals surface area (Å²) >= 11 is 0. The van der Waals surface area contributed by atoms with Gasteiger partial charge >= 0.3 is 0 Å². The summed E-state index contributed by atoms with van der Waals surface area (Å²) in [6, 6.07) is 18.7. The minimum absolute atomic E-state index is 0.898. The molecular formula is C47H76N4O+2. The molecule has 0 radical (unpaired) electrons. The van der Waals surface area contributed by atoms with Gasteiger partial charge in [0.2, 0.25) is 12.7 Å². The Bertz CT molecular complexity index is 1360. The van der Waals surface area contributed by atoms with Crippen molar-refractivity contribution in [3.05, 3.63) is 92.0 Å². The third kappa shape index (κ3) is 19.5. The standard InChI is InChI=1S/C24H39N2O.C23H37N2/c1-3-4-5-6-7-8-9-10-11-12-13-14-19-25-20-21-26(22-25)23-15-17-24(27-2)18-16-23;1-2-3-4-5-6-7-8-9-10-11-12-16-19-24-20-21-25(22-24)23-17-14-13-15-18-23/h15-18,20-22H,3-14,19H2,1-2H3;13-15,17-18,20-22H,2-12,16,19H2,1H3/q2*+1. The van der Waals surface area contributed by atoms with Gasteiger partial charge in [0.15, 0.2) is 0 Å². The lowest BCUT2D eigenvalue weighted by Crippen LogP contribution is -2.27. The first-order valence-corrected chi connectivity index (χ1v) is 21.6. The smallest absolute Gasteiger partial charge is 0.248 e. The van der Waals surface area contributed by atoms with Crippen LogP contribution in [0.3, 0.4) is 0 Å². The van der Waals surface area contributed by atoms with Crippen LogP contribution in [0.25, 0.3) is 11.4 Å². The van der Waals surface area contributed by atoms with Gasteiger partial charge < -0.3 is 4.74 Å². The van der Waals surface area contributed by atoms with Crippen molar-refractivity contribution in [3.8, 4) is 17.1 Å². The van der Waals surface area contributed by atoms with Gasteiger partial charge in [0, 0.05) is 0 Å². The van der Waals surface area contributed by atoms with Gasteiger partial charge in [-0.1, -0.05) is 160 Å². The van der Waals surface area contributed by atoms with Gasteiger partial charge in [-0.05, 0) is 62.1 Å². The summed E-state index contributed by atoms with van der Waals surface area (Å²) in [4.78, 5) is 0. The number of methoxy groups -OCH3 is 1. The lowest BCUT2D eigenvalue weighted by Gasteiger charge is -2.02. The molecule has 0 aliphatic heterocycles. The lowest BCUT2D eigenvalue weighted by molar-refractivity contribution is -0.595. The maximum absolute atomic E-state index is 5.22. The number of hydrogen-bond acceptors (Lipinski definition) is 1. The first-order chi connectivity index (χ1) is 25.7. The van der Waals surface area contributed by atoms with Gasteiger partial charge in [-0.2, -0.15) is 0 Å². The molecule has 0 aliphatic carbocycles. The number of ether oxygens (including phenoxy) is 1. The van der Waals surface area contributed by atoms with Crippen LogP contribution in [-0.2, 0) is 13.1 Å². The van der Waals surface area contributed by atoms with Crippen LogP contribution < -0.4 is 13.9 Å². The quantitative estimate of drug-likeness (QED) is 0.0407. The molecule has 0 saturated carbocycles. The number of hydrogen-bond donors (Lipinski definition) is 0. The monoisotopic (exact) mass is 713 g/mol. The highest BCUT2D eigenvalue weighted by atomic mass is 16.5. The van der Waals surface area contributed by atoms with Crippen LogP contribution in [0.1, 0.15) is 168 Å². The van der Waals surface area contributed by atoms with E-state index in [0.717, 1.165) is 18.8 Å². The summed E-state index contributed by atoms with van der Waals surface area (Å²) in [5.41, 5.74) is 2.40. The molecule has 0 atom stereocenters. The molecule has 0 amide bonds. The largest absolute Gasteiger partial charge is 0.497 e. The minimum Gasteiger partial charge on any atom is -0.497 e. The van der Waals surface area contributed by atoms with E-state index in [1.54, 1.807) is 7.11 Å². The van der Waals surface area contributed by atoms with Crippen molar-refractivity contribution in [2.75, 3.05) is 7.11 Å². The summed E-state index contributed by atoms with van der Waals surface area (Å²) in [5.74, 6) is 0.898. The molecule has 5 nitrogen and oxygen atoms in total.